The van der Waals surface area contributed by atoms with Crippen LogP contribution in [0.2, 0.25) is 0 Å². The summed E-state index contributed by atoms with van der Waals surface area (Å²) in [6.45, 7) is 3.75. The van der Waals surface area contributed by atoms with Gasteiger partial charge >= 0.3 is 12.3 Å². The molecular weight excluding hydrogens is 482 g/mol. The second-order valence-electron chi connectivity index (χ2n) is 8.47. The van der Waals surface area contributed by atoms with Crippen molar-refractivity contribution in [3.63, 3.8) is 0 Å². The second-order valence-corrected chi connectivity index (χ2v) is 8.47. The van der Waals surface area contributed by atoms with Gasteiger partial charge in [0.2, 0.25) is 5.91 Å². The molecule has 36 heavy (non-hydrogen) atoms. The zero-order valence-electron chi connectivity index (χ0n) is 19.8. The molecule has 3 rings (SSSR count). The SMILES string of the molecule is COC(=O)c1cc(NC(=O)C2(c3ccc(OC(F)(F)F)cc3F)CC2)ccc1C(C=NC(C)C)=CN. The van der Waals surface area contributed by atoms with Crippen LogP contribution in [0.15, 0.2) is 47.6 Å². The van der Waals surface area contributed by atoms with Crippen LogP contribution >= 0.6 is 0 Å². The molecule has 7 nitrogen and oxygen atoms in total. The maximum atomic E-state index is 14.7. The quantitative estimate of drug-likeness (QED) is 0.299. The summed E-state index contributed by atoms with van der Waals surface area (Å²) < 4.78 is 60.5. The zero-order valence-corrected chi connectivity index (χ0v) is 19.8. The van der Waals surface area contributed by atoms with Crippen LogP contribution in [0, 0.1) is 5.82 Å². The number of methoxy groups -OCH3 is 1. The molecule has 1 aliphatic carbocycles. The van der Waals surface area contributed by atoms with Crippen LogP contribution in [-0.2, 0) is 14.9 Å². The summed E-state index contributed by atoms with van der Waals surface area (Å²) in [5.74, 6) is -2.95. The Morgan fingerprint density at radius 3 is 2.36 bits per heavy atom. The van der Waals surface area contributed by atoms with E-state index in [-0.39, 0.29) is 22.9 Å². The maximum absolute atomic E-state index is 14.7. The summed E-state index contributed by atoms with van der Waals surface area (Å²) in [7, 11) is 1.21. The number of rotatable bonds is 8. The average molecular weight is 507 g/mol. The van der Waals surface area contributed by atoms with Crippen LogP contribution in [0.25, 0.3) is 5.57 Å². The summed E-state index contributed by atoms with van der Waals surface area (Å²) in [4.78, 5) is 29.8. The van der Waals surface area contributed by atoms with E-state index in [4.69, 9.17) is 10.5 Å². The van der Waals surface area contributed by atoms with E-state index in [1.807, 2.05) is 13.8 Å². The number of hydrogen-bond donors (Lipinski definition) is 2. The minimum Gasteiger partial charge on any atom is -0.465 e. The number of halogens is 4. The lowest BCUT2D eigenvalue weighted by atomic mass is 9.93. The number of hydrogen-bond acceptors (Lipinski definition) is 6. The monoisotopic (exact) mass is 507 g/mol. The number of amides is 1. The number of carbonyl (C=O) groups is 2. The van der Waals surface area contributed by atoms with Crippen LogP contribution in [0.3, 0.4) is 0 Å². The lowest BCUT2D eigenvalue weighted by Crippen LogP contribution is -2.29. The molecule has 3 N–H and O–H groups in total. The van der Waals surface area contributed by atoms with Gasteiger partial charge in [-0.05, 0) is 50.5 Å². The molecule has 0 atom stereocenters. The van der Waals surface area contributed by atoms with Gasteiger partial charge in [-0.3, -0.25) is 9.79 Å². The van der Waals surface area contributed by atoms with Crippen molar-refractivity contribution in [3.8, 4) is 5.75 Å². The number of benzene rings is 2. The molecule has 0 radical (unpaired) electrons. The van der Waals surface area contributed by atoms with E-state index in [2.05, 4.69) is 15.0 Å². The number of alkyl halides is 3. The lowest BCUT2D eigenvalue weighted by molar-refractivity contribution is -0.274. The first-order chi connectivity index (χ1) is 16.9. The molecule has 2 aromatic rings. The van der Waals surface area contributed by atoms with Gasteiger partial charge in [-0.25, -0.2) is 9.18 Å². The number of aliphatic imine (C=N–C) groups is 1. The predicted octanol–water partition coefficient (Wildman–Crippen LogP) is 4.96. The number of esters is 1. The number of allylic oxidation sites excluding steroid dienone is 1. The maximum Gasteiger partial charge on any atom is 0.573 e. The molecule has 11 heteroatoms. The van der Waals surface area contributed by atoms with Crippen molar-refractivity contribution in [2.75, 3.05) is 12.4 Å². The number of nitrogens with zero attached hydrogens (tertiary/aromatic N) is 1. The van der Waals surface area contributed by atoms with Gasteiger partial charge < -0.3 is 20.5 Å². The highest BCUT2D eigenvalue weighted by Gasteiger charge is 2.53. The van der Waals surface area contributed by atoms with Crippen molar-refractivity contribution in [2.45, 2.75) is 44.5 Å². The van der Waals surface area contributed by atoms with Crippen LogP contribution in [0.1, 0.15) is 48.2 Å². The molecule has 0 aliphatic heterocycles. The highest BCUT2D eigenvalue weighted by Crippen LogP contribution is 2.50. The average Bonchev–Trinajstić information content (AvgIpc) is 3.60. The van der Waals surface area contributed by atoms with E-state index in [0.29, 0.717) is 30.0 Å². The molecule has 2 aromatic carbocycles. The minimum absolute atomic E-state index is 0.00990. The summed E-state index contributed by atoms with van der Waals surface area (Å²) >= 11 is 0. The highest BCUT2D eigenvalue weighted by molar-refractivity contribution is 6.14. The standard InChI is InChI=1S/C25H25F4N3O4/c1-14(2)31-13-15(12-30)18-6-4-16(10-19(18)22(33)35-3)32-23(34)24(8-9-24)20-7-5-17(11-21(20)26)36-25(27,28)29/h4-7,10-14H,8-9,30H2,1-3H3,(H,32,34). The summed E-state index contributed by atoms with van der Waals surface area (Å²) in [6.07, 6.45) is -1.56. The van der Waals surface area contributed by atoms with Crippen LogP contribution < -0.4 is 15.8 Å². The molecule has 0 bridgehead atoms. The van der Waals surface area contributed by atoms with Gasteiger partial charge in [-0.15, -0.1) is 13.2 Å². The zero-order chi connectivity index (χ0) is 26.7. The van der Waals surface area contributed by atoms with Crippen LogP contribution in [0.4, 0.5) is 23.2 Å². The van der Waals surface area contributed by atoms with Crippen LogP contribution in [-0.4, -0.2) is 37.6 Å². The summed E-state index contributed by atoms with van der Waals surface area (Å²) in [5.41, 5.74) is 5.68. The normalized spacial score (nSPS) is 15.2. The van der Waals surface area contributed by atoms with Gasteiger partial charge in [0.1, 0.15) is 11.6 Å². The Labute approximate surface area is 205 Å². The smallest absolute Gasteiger partial charge is 0.465 e. The first kappa shape index (κ1) is 26.7. The third kappa shape index (κ3) is 6.02. The molecule has 0 unspecified atom stereocenters. The first-order valence-electron chi connectivity index (χ1n) is 10.9. The fraction of sp³-hybridized carbons (Fsp3) is 0.320. The van der Waals surface area contributed by atoms with Crippen molar-refractivity contribution in [3.05, 3.63) is 65.1 Å². The van der Waals surface area contributed by atoms with Crippen LogP contribution in [0.5, 0.6) is 5.75 Å². The van der Waals surface area contributed by atoms with Gasteiger partial charge in [-0.2, -0.15) is 0 Å². The fourth-order valence-corrected chi connectivity index (χ4v) is 3.66. The Morgan fingerprint density at radius 1 is 1.14 bits per heavy atom. The highest BCUT2D eigenvalue weighted by atomic mass is 19.4. The largest absolute Gasteiger partial charge is 0.573 e. The first-order valence-corrected chi connectivity index (χ1v) is 10.9. The van der Waals surface area contributed by atoms with Crippen molar-refractivity contribution >= 4 is 29.4 Å². The number of carbonyl (C=O) groups excluding carboxylic acids is 2. The van der Waals surface area contributed by atoms with E-state index in [1.54, 1.807) is 12.1 Å². The third-order valence-corrected chi connectivity index (χ3v) is 5.56. The molecule has 1 amide bonds. The second kappa shape index (κ2) is 10.4. The molecular formula is C25H25F4N3O4. The van der Waals surface area contributed by atoms with E-state index in [0.717, 1.165) is 12.1 Å². The Balaban J connectivity index is 1.88. The fourth-order valence-electron chi connectivity index (χ4n) is 3.66. The van der Waals surface area contributed by atoms with Crippen molar-refractivity contribution in [1.29, 1.82) is 0 Å². The van der Waals surface area contributed by atoms with Crippen molar-refractivity contribution in [2.24, 2.45) is 10.7 Å². The van der Waals surface area contributed by atoms with E-state index < -0.39 is 35.2 Å². The third-order valence-electron chi connectivity index (χ3n) is 5.56. The number of ether oxygens (including phenoxy) is 2. The Kier molecular flexibility index (Phi) is 7.71. The summed E-state index contributed by atoms with van der Waals surface area (Å²) in [5, 5.41) is 2.67. The van der Waals surface area contributed by atoms with E-state index >= 15 is 0 Å². The van der Waals surface area contributed by atoms with Gasteiger partial charge in [-0.1, -0.05) is 12.1 Å². The van der Waals surface area contributed by atoms with E-state index in [1.165, 1.54) is 25.6 Å². The number of nitrogens with two attached hydrogens (primary N) is 1. The summed E-state index contributed by atoms with van der Waals surface area (Å²) in [6, 6.07) is 7.17. The van der Waals surface area contributed by atoms with Gasteiger partial charge in [0.15, 0.2) is 0 Å². The lowest BCUT2D eigenvalue weighted by Gasteiger charge is -2.18. The molecule has 1 aliphatic rings. The Hall–Kier alpha value is -3.89. The molecule has 0 spiro atoms. The molecule has 0 heterocycles. The molecule has 1 fully saturated rings. The molecule has 1 saturated carbocycles. The van der Waals surface area contributed by atoms with E-state index in [9.17, 15) is 27.2 Å². The molecule has 192 valence electrons. The molecule has 0 aromatic heterocycles. The number of nitrogens with one attached hydrogen (secondary N) is 1. The van der Waals surface area contributed by atoms with Gasteiger partial charge in [0.05, 0.1) is 18.1 Å². The minimum atomic E-state index is -4.97. The number of anilines is 1. The molecule has 0 saturated heterocycles. The Morgan fingerprint density at radius 2 is 1.83 bits per heavy atom. The van der Waals surface area contributed by atoms with Crippen molar-refractivity contribution in [1.82, 2.24) is 0 Å². The van der Waals surface area contributed by atoms with Gasteiger partial charge in [0, 0.05) is 41.3 Å². The van der Waals surface area contributed by atoms with Gasteiger partial charge in [0.25, 0.3) is 0 Å². The Bertz CT molecular complexity index is 1220. The predicted molar refractivity (Wildman–Crippen MR) is 126 cm³/mol. The van der Waals surface area contributed by atoms with Crippen molar-refractivity contribution < 1.29 is 36.6 Å². The topological polar surface area (TPSA) is 103 Å².